The van der Waals surface area contributed by atoms with Gasteiger partial charge in [-0.25, -0.2) is 4.98 Å². The molecule has 0 amide bonds. The smallest absolute Gasteiger partial charge is 0.231 e. The van der Waals surface area contributed by atoms with Gasteiger partial charge < -0.3 is 19.8 Å². The quantitative estimate of drug-likeness (QED) is 0.858. The number of rotatable bonds is 4. The molecular formula is C13H15N3O2. The van der Waals surface area contributed by atoms with E-state index in [1.807, 2.05) is 31.4 Å². The van der Waals surface area contributed by atoms with Crippen molar-refractivity contribution in [2.45, 2.75) is 6.42 Å². The Morgan fingerprint density at radius 1 is 1.33 bits per heavy atom. The van der Waals surface area contributed by atoms with Crippen molar-refractivity contribution in [2.24, 2.45) is 0 Å². The van der Waals surface area contributed by atoms with Crippen LogP contribution in [0.5, 0.6) is 11.5 Å². The highest BCUT2D eigenvalue weighted by molar-refractivity contribution is 5.64. The van der Waals surface area contributed by atoms with Crippen LogP contribution in [0.15, 0.2) is 24.4 Å². The lowest BCUT2D eigenvalue weighted by Gasteiger charge is -2.00. The highest BCUT2D eigenvalue weighted by atomic mass is 16.7. The first kappa shape index (κ1) is 11.1. The second-order valence-electron chi connectivity index (χ2n) is 4.17. The van der Waals surface area contributed by atoms with Crippen LogP contribution in [0.4, 0.5) is 0 Å². The van der Waals surface area contributed by atoms with Crippen LogP contribution in [0.25, 0.3) is 11.3 Å². The van der Waals surface area contributed by atoms with Gasteiger partial charge in [-0.15, -0.1) is 0 Å². The van der Waals surface area contributed by atoms with Gasteiger partial charge in [0.15, 0.2) is 11.5 Å². The summed E-state index contributed by atoms with van der Waals surface area (Å²) >= 11 is 0. The van der Waals surface area contributed by atoms with E-state index in [-0.39, 0.29) is 0 Å². The molecular weight excluding hydrogens is 230 g/mol. The predicted octanol–water partition coefficient (Wildman–Crippen LogP) is 1.57. The number of fused-ring (bicyclic) bond motifs is 1. The van der Waals surface area contributed by atoms with Gasteiger partial charge in [-0.3, -0.25) is 0 Å². The number of aromatic amines is 1. The SMILES string of the molecule is CNCCc1ncc(-c2ccc3c(c2)OCO3)[nH]1. The van der Waals surface area contributed by atoms with Crippen LogP contribution < -0.4 is 14.8 Å². The van der Waals surface area contributed by atoms with Crippen LogP contribution in [0.3, 0.4) is 0 Å². The molecule has 5 heteroatoms. The number of ether oxygens (including phenoxy) is 2. The molecule has 1 aromatic heterocycles. The van der Waals surface area contributed by atoms with Crippen LogP contribution in [-0.2, 0) is 6.42 Å². The van der Waals surface area contributed by atoms with Crippen molar-refractivity contribution in [1.29, 1.82) is 0 Å². The molecule has 1 aromatic carbocycles. The van der Waals surface area contributed by atoms with E-state index in [1.165, 1.54) is 0 Å². The lowest BCUT2D eigenvalue weighted by Crippen LogP contribution is -2.10. The Labute approximate surface area is 105 Å². The first-order chi connectivity index (χ1) is 8.86. The standard InChI is InChI=1S/C13H15N3O2/c1-14-5-4-13-15-7-10(16-13)9-2-3-11-12(6-9)18-8-17-11/h2-3,6-7,14H,4-5,8H2,1H3,(H,15,16). The third kappa shape index (κ3) is 2.04. The van der Waals surface area contributed by atoms with E-state index in [1.54, 1.807) is 0 Å². The number of hydrogen-bond acceptors (Lipinski definition) is 4. The van der Waals surface area contributed by atoms with Crippen molar-refractivity contribution in [2.75, 3.05) is 20.4 Å². The maximum atomic E-state index is 5.37. The highest BCUT2D eigenvalue weighted by Crippen LogP contribution is 2.35. The molecule has 5 nitrogen and oxygen atoms in total. The summed E-state index contributed by atoms with van der Waals surface area (Å²) < 4.78 is 10.7. The zero-order chi connectivity index (χ0) is 12.4. The second-order valence-corrected chi connectivity index (χ2v) is 4.17. The van der Waals surface area contributed by atoms with E-state index in [9.17, 15) is 0 Å². The first-order valence-electron chi connectivity index (χ1n) is 5.95. The Morgan fingerprint density at radius 3 is 3.11 bits per heavy atom. The molecule has 0 radical (unpaired) electrons. The molecule has 0 spiro atoms. The van der Waals surface area contributed by atoms with Gasteiger partial charge >= 0.3 is 0 Å². The Bertz CT molecular complexity index is 551. The number of nitrogens with one attached hydrogen (secondary N) is 2. The summed E-state index contributed by atoms with van der Waals surface area (Å²) in [5.41, 5.74) is 2.06. The fourth-order valence-corrected chi connectivity index (χ4v) is 1.94. The van der Waals surface area contributed by atoms with Crippen molar-refractivity contribution in [3.63, 3.8) is 0 Å². The minimum Gasteiger partial charge on any atom is -0.454 e. The summed E-state index contributed by atoms with van der Waals surface area (Å²) in [7, 11) is 1.93. The number of H-pyrrole nitrogens is 1. The average Bonchev–Trinajstić information content (AvgIpc) is 3.04. The predicted molar refractivity (Wildman–Crippen MR) is 67.8 cm³/mol. The number of likely N-dealkylation sites (N-methyl/N-ethyl adjacent to an activating group) is 1. The fraction of sp³-hybridized carbons (Fsp3) is 0.308. The Morgan fingerprint density at radius 2 is 2.22 bits per heavy atom. The molecule has 0 saturated carbocycles. The van der Waals surface area contributed by atoms with E-state index >= 15 is 0 Å². The normalized spacial score (nSPS) is 12.9. The molecule has 0 bridgehead atoms. The summed E-state index contributed by atoms with van der Waals surface area (Å²) in [6.07, 6.45) is 2.74. The van der Waals surface area contributed by atoms with E-state index < -0.39 is 0 Å². The molecule has 0 atom stereocenters. The maximum absolute atomic E-state index is 5.37. The molecule has 0 fully saturated rings. The molecule has 3 rings (SSSR count). The van der Waals surface area contributed by atoms with Gasteiger partial charge in [-0.2, -0.15) is 0 Å². The number of benzene rings is 1. The lowest BCUT2D eigenvalue weighted by molar-refractivity contribution is 0.174. The van der Waals surface area contributed by atoms with Crippen molar-refractivity contribution >= 4 is 0 Å². The summed E-state index contributed by atoms with van der Waals surface area (Å²) in [5.74, 6) is 2.57. The van der Waals surface area contributed by atoms with Crippen molar-refractivity contribution < 1.29 is 9.47 Å². The summed E-state index contributed by atoms with van der Waals surface area (Å²) in [6, 6.07) is 5.90. The van der Waals surface area contributed by atoms with Crippen LogP contribution in [0.2, 0.25) is 0 Å². The van der Waals surface area contributed by atoms with Crippen molar-refractivity contribution in [3.05, 3.63) is 30.2 Å². The van der Waals surface area contributed by atoms with E-state index in [2.05, 4.69) is 15.3 Å². The lowest BCUT2D eigenvalue weighted by atomic mass is 10.1. The number of hydrogen-bond donors (Lipinski definition) is 2. The van der Waals surface area contributed by atoms with Gasteiger partial charge in [0.1, 0.15) is 5.82 Å². The van der Waals surface area contributed by atoms with Crippen molar-refractivity contribution in [3.8, 4) is 22.8 Å². The molecule has 2 N–H and O–H groups in total. The average molecular weight is 245 g/mol. The minimum absolute atomic E-state index is 0.301. The van der Waals surface area contributed by atoms with Gasteiger partial charge in [0, 0.05) is 18.5 Å². The zero-order valence-electron chi connectivity index (χ0n) is 10.2. The molecule has 1 aliphatic rings. The Balaban J connectivity index is 1.83. The largest absolute Gasteiger partial charge is 0.454 e. The maximum Gasteiger partial charge on any atom is 0.231 e. The number of aromatic nitrogens is 2. The second kappa shape index (κ2) is 4.70. The molecule has 94 valence electrons. The minimum atomic E-state index is 0.301. The molecule has 0 unspecified atom stereocenters. The van der Waals surface area contributed by atoms with Crippen LogP contribution in [-0.4, -0.2) is 30.4 Å². The van der Waals surface area contributed by atoms with Crippen LogP contribution in [0.1, 0.15) is 5.82 Å². The molecule has 2 aromatic rings. The summed E-state index contributed by atoms with van der Waals surface area (Å²) in [4.78, 5) is 7.66. The van der Waals surface area contributed by atoms with Crippen molar-refractivity contribution in [1.82, 2.24) is 15.3 Å². The van der Waals surface area contributed by atoms with E-state index in [4.69, 9.17) is 9.47 Å². The molecule has 18 heavy (non-hydrogen) atoms. The van der Waals surface area contributed by atoms with Crippen LogP contribution in [0, 0.1) is 0 Å². The summed E-state index contributed by atoms with van der Waals surface area (Å²) in [6.45, 7) is 1.21. The number of imidazole rings is 1. The Hall–Kier alpha value is -2.01. The van der Waals surface area contributed by atoms with Crippen LogP contribution >= 0.6 is 0 Å². The topological polar surface area (TPSA) is 59.2 Å². The Kier molecular flexibility index (Phi) is 2.90. The van der Waals surface area contributed by atoms with E-state index in [0.29, 0.717) is 6.79 Å². The molecule has 1 aliphatic heterocycles. The summed E-state index contributed by atoms with van der Waals surface area (Å²) in [5, 5.41) is 3.10. The molecule has 2 heterocycles. The third-order valence-electron chi connectivity index (χ3n) is 2.92. The molecule has 0 saturated heterocycles. The monoisotopic (exact) mass is 245 g/mol. The molecule has 0 aliphatic carbocycles. The van der Waals surface area contributed by atoms with Gasteiger partial charge in [0.05, 0.1) is 11.9 Å². The van der Waals surface area contributed by atoms with Gasteiger partial charge in [-0.05, 0) is 25.2 Å². The van der Waals surface area contributed by atoms with E-state index in [0.717, 1.165) is 41.5 Å². The fourth-order valence-electron chi connectivity index (χ4n) is 1.94. The van der Waals surface area contributed by atoms with Gasteiger partial charge in [0.25, 0.3) is 0 Å². The highest BCUT2D eigenvalue weighted by Gasteiger charge is 2.14. The third-order valence-corrected chi connectivity index (χ3v) is 2.92. The van der Waals surface area contributed by atoms with Gasteiger partial charge in [-0.1, -0.05) is 0 Å². The first-order valence-corrected chi connectivity index (χ1v) is 5.95. The number of nitrogens with zero attached hydrogens (tertiary/aromatic N) is 1. The van der Waals surface area contributed by atoms with Gasteiger partial charge in [0.2, 0.25) is 6.79 Å². The zero-order valence-corrected chi connectivity index (χ0v) is 10.2.